The molecular weight excluding hydrogens is 424 g/mol. The summed E-state index contributed by atoms with van der Waals surface area (Å²) in [5.74, 6) is -0.449. The Bertz CT molecular complexity index is 718. The second-order valence-corrected chi connectivity index (χ2v) is 7.28. The van der Waals surface area contributed by atoms with Gasteiger partial charge in [-0.05, 0) is 54.8 Å². The number of carbonyl (C=O) groups is 1. The van der Waals surface area contributed by atoms with E-state index in [2.05, 4.69) is 0 Å². The Hall–Kier alpha value is -1.67. The summed E-state index contributed by atoms with van der Waals surface area (Å²) in [6.45, 7) is 0. The topological polar surface area (TPSA) is 60.8 Å². The summed E-state index contributed by atoms with van der Waals surface area (Å²) < 4.78 is 12.7. The van der Waals surface area contributed by atoms with E-state index in [0.29, 0.717) is 18.5 Å². The molecule has 0 spiro atoms. The Morgan fingerprint density at radius 3 is 2.33 bits per heavy atom. The highest BCUT2D eigenvalue weighted by molar-refractivity contribution is 14.1. The van der Waals surface area contributed by atoms with E-state index >= 15 is 0 Å². The number of aromatic hydroxyl groups is 1. The van der Waals surface area contributed by atoms with Crippen molar-refractivity contribution in [3.8, 4) is 5.75 Å². The molecule has 0 aliphatic carbocycles. The van der Waals surface area contributed by atoms with Gasteiger partial charge in [0.05, 0.1) is 12.0 Å². The minimum Gasteiger partial charge on any atom is -0.508 e. The van der Waals surface area contributed by atoms with Crippen molar-refractivity contribution in [2.45, 2.75) is 23.0 Å². The Morgan fingerprint density at radius 1 is 1.12 bits per heavy atom. The minimum atomic E-state index is -0.490. The molecule has 2 N–H and O–H groups in total. The van der Waals surface area contributed by atoms with E-state index in [1.807, 2.05) is 22.6 Å². The Kier molecular flexibility index (Phi) is 5.05. The number of rotatable bonds is 5. The van der Waals surface area contributed by atoms with Crippen LogP contribution < -0.4 is 4.90 Å². The number of amides is 1. The third kappa shape index (κ3) is 3.39. The third-order valence-electron chi connectivity index (χ3n) is 4.27. The number of β-lactam (4-membered cyclic amide) rings is 1. The number of aliphatic hydroxyl groups excluding tert-OH is 1. The lowest BCUT2D eigenvalue weighted by Gasteiger charge is -2.47. The van der Waals surface area contributed by atoms with Gasteiger partial charge in [-0.15, -0.1) is 0 Å². The second-order valence-electron chi connectivity index (χ2n) is 5.84. The van der Waals surface area contributed by atoms with Crippen molar-refractivity contribution in [1.29, 1.82) is 0 Å². The molecule has 1 aliphatic rings. The van der Waals surface area contributed by atoms with E-state index < -0.39 is 4.11 Å². The molecule has 1 heterocycles. The highest BCUT2D eigenvalue weighted by atomic mass is 127. The number of nitrogens with zero attached hydrogens (tertiary/aromatic N) is 1. The average molecular weight is 441 g/mol. The molecule has 3 atom stereocenters. The van der Waals surface area contributed by atoms with Gasteiger partial charge in [0.15, 0.2) is 0 Å². The predicted octanol–water partition coefficient (Wildman–Crippen LogP) is 3.77. The van der Waals surface area contributed by atoms with Crippen molar-refractivity contribution in [3.05, 3.63) is 59.9 Å². The normalized spacial score (nSPS) is 21.5. The summed E-state index contributed by atoms with van der Waals surface area (Å²) in [6, 6.07) is 12.4. The summed E-state index contributed by atoms with van der Waals surface area (Å²) in [5.41, 5.74) is 1.55. The fourth-order valence-corrected chi connectivity index (χ4v) is 3.45. The molecule has 0 aromatic heterocycles. The molecule has 6 heteroatoms. The first-order valence-electron chi connectivity index (χ1n) is 7.67. The largest absolute Gasteiger partial charge is 0.508 e. The number of anilines is 1. The molecule has 4 nitrogen and oxygen atoms in total. The molecule has 1 saturated heterocycles. The maximum absolute atomic E-state index is 13.2. The summed E-state index contributed by atoms with van der Waals surface area (Å²) in [4.78, 5) is 14.3. The van der Waals surface area contributed by atoms with Crippen molar-refractivity contribution < 1.29 is 19.4 Å². The number of carbonyl (C=O) groups excluding carboxylic acids is 1. The summed E-state index contributed by atoms with van der Waals surface area (Å²) in [6.07, 6.45) is 1.11. The number of benzene rings is 2. The number of aliphatic hydroxyl groups is 1. The first-order valence-corrected chi connectivity index (χ1v) is 8.91. The van der Waals surface area contributed by atoms with Crippen molar-refractivity contribution in [2.24, 2.45) is 5.92 Å². The van der Waals surface area contributed by atoms with Gasteiger partial charge >= 0.3 is 0 Å². The first kappa shape index (κ1) is 17.2. The molecule has 0 unspecified atom stereocenters. The highest BCUT2D eigenvalue weighted by Gasteiger charge is 2.48. The molecule has 126 valence electrons. The van der Waals surface area contributed by atoms with Crippen LogP contribution in [-0.2, 0) is 4.79 Å². The molecule has 0 bridgehead atoms. The Morgan fingerprint density at radius 2 is 1.75 bits per heavy atom. The lowest BCUT2D eigenvalue weighted by atomic mass is 9.79. The van der Waals surface area contributed by atoms with Crippen LogP contribution in [0.15, 0.2) is 48.5 Å². The van der Waals surface area contributed by atoms with Crippen molar-refractivity contribution in [3.63, 3.8) is 0 Å². The lowest BCUT2D eigenvalue weighted by molar-refractivity contribution is -0.130. The van der Waals surface area contributed by atoms with Crippen LogP contribution in [0.4, 0.5) is 10.1 Å². The van der Waals surface area contributed by atoms with E-state index in [4.69, 9.17) is 0 Å². The summed E-state index contributed by atoms with van der Waals surface area (Å²) in [7, 11) is 0. The molecule has 1 amide bonds. The maximum Gasteiger partial charge on any atom is 0.233 e. The number of hydrogen-bond donors (Lipinski definition) is 2. The monoisotopic (exact) mass is 441 g/mol. The van der Waals surface area contributed by atoms with Crippen LogP contribution in [-0.4, -0.2) is 20.2 Å². The van der Waals surface area contributed by atoms with Crippen LogP contribution in [0.1, 0.15) is 24.4 Å². The van der Waals surface area contributed by atoms with E-state index in [1.54, 1.807) is 41.3 Å². The van der Waals surface area contributed by atoms with Gasteiger partial charge in [0.1, 0.15) is 15.7 Å². The maximum atomic E-state index is 13.2. The van der Waals surface area contributed by atoms with Gasteiger partial charge in [-0.1, -0.05) is 34.7 Å². The molecule has 0 saturated carbocycles. The van der Waals surface area contributed by atoms with Crippen LogP contribution >= 0.6 is 22.6 Å². The second kappa shape index (κ2) is 7.06. The predicted molar refractivity (Wildman–Crippen MR) is 97.5 cm³/mol. The lowest BCUT2D eigenvalue weighted by Crippen LogP contribution is -2.55. The number of hydrogen-bond acceptors (Lipinski definition) is 3. The zero-order chi connectivity index (χ0) is 17.3. The summed E-state index contributed by atoms with van der Waals surface area (Å²) >= 11 is 1.93. The quantitative estimate of drug-likeness (QED) is 0.422. The highest BCUT2D eigenvalue weighted by Crippen LogP contribution is 2.46. The fraction of sp³-hybridized carbons (Fsp3) is 0.278. The zero-order valence-corrected chi connectivity index (χ0v) is 14.9. The first-order chi connectivity index (χ1) is 11.5. The minimum absolute atomic E-state index is 0.0308. The number of alkyl halides is 1. The molecule has 24 heavy (non-hydrogen) atoms. The van der Waals surface area contributed by atoms with Gasteiger partial charge in [-0.2, -0.15) is 0 Å². The van der Waals surface area contributed by atoms with Crippen LogP contribution in [0, 0.1) is 11.7 Å². The third-order valence-corrected chi connectivity index (χ3v) is 4.89. The standard InChI is InChI=1S/C18H17FINO3/c19-12-3-5-13(6-4-12)21-17(11-1-7-14(22)8-2-11)15(18(21)24)9-10-16(20)23/h1-8,15-17,22-23H,9-10H2/t15-,16+,17-/m1/s1. The van der Waals surface area contributed by atoms with Crippen molar-refractivity contribution in [2.75, 3.05) is 4.90 Å². The molecule has 2 aromatic carbocycles. The van der Waals surface area contributed by atoms with E-state index in [0.717, 1.165) is 5.56 Å². The smallest absolute Gasteiger partial charge is 0.233 e. The molecule has 1 fully saturated rings. The van der Waals surface area contributed by atoms with Gasteiger partial charge < -0.3 is 15.1 Å². The van der Waals surface area contributed by atoms with Gasteiger partial charge in [0.2, 0.25) is 5.91 Å². The average Bonchev–Trinajstić information content (AvgIpc) is 2.55. The van der Waals surface area contributed by atoms with E-state index in [1.165, 1.54) is 12.1 Å². The molecular formula is C18H17FINO3. The van der Waals surface area contributed by atoms with Gasteiger partial charge in [-0.25, -0.2) is 4.39 Å². The molecule has 3 rings (SSSR count). The Balaban J connectivity index is 1.90. The Labute approximate surface area is 153 Å². The van der Waals surface area contributed by atoms with E-state index in [9.17, 15) is 19.4 Å². The number of phenolic OH excluding ortho intramolecular Hbond substituents is 1. The van der Waals surface area contributed by atoms with Crippen LogP contribution in [0.2, 0.25) is 0 Å². The number of phenols is 1. The molecule has 0 radical (unpaired) electrons. The van der Waals surface area contributed by atoms with Gasteiger partial charge in [0, 0.05) is 5.69 Å². The van der Waals surface area contributed by atoms with Crippen molar-refractivity contribution >= 4 is 34.2 Å². The van der Waals surface area contributed by atoms with Gasteiger partial charge in [0.25, 0.3) is 0 Å². The zero-order valence-electron chi connectivity index (χ0n) is 12.8. The number of halogens is 2. The fourth-order valence-electron chi connectivity index (χ4n) is 3.09. The van der Waals surface area contributed by atoms with Crippen LogP contribution in [0.3, 0.4) is 0 Å². The molecule has 2 aromatic rings. The van der Waals surface area contributed by atoms with Crippen LogP contribution in [0.5, 0.6) is 5.75 Å². The van der Waals surface area contributed by atoms with Crippen molar-refractivity contribution in [1.82, 2.24) is 0 Å². The SMILES string of the molecule is O=C1[C@H](CC[C@H](O)I)[C@@H](c2ccc(O)cc2)N1c1ccc(F)cc1. The van der Waals surface area contributed by atoms with Gasteiger partial charge in [-0.3, -0.25) is 4.79 Å². The summed E-state index contributed by atoms with van der Waals surface area (Å²) in [5, 5.41) is 19.0. The molecule has 1 aliphatic heterocycles. The van der Waals surface area contributed by atoms with Crippen LogP contribution in [0.25, 0.3) is 0 Å². The van der Waals surface area contributed by atoms with E-state index in [-0.39, 0.29) is 29.4 Å².